The Morgan fingerprint density at radius 2 is 1.69 bits per heavy atom. The molecule has 1 fully saturated rings. The zero-order chi connectivity index (χ0) is 21.7. The number of nitrogens with two attached hydrogens (primary N) is 1. The molecular formula is C18H21Cl2NO7S. The molecule has 1 saturated heterocycles. The third kappa shape index (κ3) is 6.75. The lowest BCUT2D eigenvalue weighted by molar-refractivity contribution is -0.201. The van der Waals surface area contributed by atoms with Gasteiger partial charge in [0, 0.05) is 30.7 Å². The van der Waals surface area contributed by atoms with Crippen LogP contribution in [0.1, 0.15) is 20.8 Å². The van der Waals surface area contributed by atoms with Crippen LogP contribution < -0.4 is 5.73 Å². The first-order valence-electron chi connectivity index (χ1n) is 8.59. The Balaban J connectivity index is 2.33. The Hall–Kier alpha value is -1.52. The summed E-state index contributed by atoms with van der Waals surface area (Å²) in [5.74, 6) is -1.71. The van der Waals surface area contributed by atoms with Gasteiger partial charge in [-0.15, -0.1) is 0 Å². The minimum atomic E-state index is -0.992. The molecule has 0 aromatic heterocycles. The van der Waals surface area contributed by atoms with Crippen LogP contribution in [0, 0.1) is 0 Å². The van der Waals surface area contributed by atoms with Crippen LogP contribution in [0.2, 0.25) is 10.0 Å². The van der Waals surface area contributed by atoms with E-state index in [1.54, 1.807) is 18.2 Å². The zero-order valence-electron chi connectivity index (χ0n) is 15.9. The van der Waals surface area contributed by atoms with Crippen molar-refractivity contribution in [2.24, 2.45) is 5.73 Å². The summed E-state index contributed by atoms with van der Waals surface area (Å²) >= 11 is 13.3. The van der Waals surface area contributed by atoms with Crippen LogP contribution in [0.25, 0.3) is 0 Å². The predicted molar refractivity (Wildman–Crippen MR) is 107 cm³/mol. The van der Waals surface area contributed by atoms with Gasteiger partial charge in [-0.05, 0) is 18.2 Å². The maximum atomic E-state index is 11.6. The number of hydrogen-bond donors (Lipinski definition) is 1. The van der Waals surface area contributed by atoms with E-state index in [-0.39, 0.29) is 6.61 Å². The SMILES string of the molecule is CC(=O)OCC1OC(Sc2ccc(Cl)cc2Cl)C(OC(C)=O)C(N)C1OC(C)=O. The van der Waals surface area contributed by atoms with Crippen molar-refractivity contribution in [2.75, 3.05) is 6.61 Å². The molecule has 0 spiro atoms. The molecule has 0 amide bonds. The maximum absolute atomic E-state index is 11.6. The number of esters is 3. The van der Waals surface area contributed by atoms with Gasteiger partial charge in [0.25, 0.3) is 0 Å². The summed E-state index contributed by atoms with van der Waals surface area (Å²) in [6, 6.07) is 3.97. The number of ether oxygens (including phenoxy) is 4. The largest absolute Gasteiger partial charge is 0.463 e. The van der Waals surface area contributed by atoms with Crippen LogP contribution in [0.3, 0.4) is 0 Å². The van der Waals surface area contributed by atoms with Crippen molar-refractivity contribution in [1.29, 1.82) is 0 Å². The van der Waals surface area contributed by atoms with Gasteiger partial charge in [0.1, 0.15) is 24.3 Å². The van der Waals surface area contributed by atoms with Crippen molar-refractivity contribution in [3.63, 3.8) is 0 Å². The van der Waals surface area contributed by atoms with Gasteiger partial charge >= 0.3 is 17.9 Å². The van der Waals surface area contributed by atoms with Crippen LogP contribution in [-0.4, -0.2) is 54.3 Å². The molecule has 5 atom stereocenters. The monoisotopic (exact) mass is 465 g/mol. The molecule has 2 rings (SSSR count). The fourth-order valence-electron chi connectivity index (χ4n) is 2.74. The van der Waals surface area contributed by atoms with E-state index in [0.29, 0.717) is 14.9 Å². The minimum Gasteiger partial charge on any atom is -0.463 e. The second-order valence-corrected chi connectivity index (χ2v) is 8.25. The molecule has 1 aromatic carbocycles. The standard InChI is InChI=1S/C18H21Cl2NO7S/c1-8(22)25-7-13-16(26-9(2)23)15(21)17(27-10(3)24)18(28-13)29-14-5-4-11(19)6-12(14)20/h4-6,13,15-18H,7,21H2,1-3H3. The fourth-order valence-corrected chi connectivity index (χ4v) is 4.42. The fraction of sp³-hybridized carbons (Fsp3) is 0.500. The third-order valence-electron chi connectivity index (χ3n) is 3.89. The van der Waals surface area contributed by atoms with E-state index in [9.17, 15) is 14.4 Å². The van der Waals surface area contributed by atoms with E-state index in [0.717, 1.165) is 11.8 Å². The second-order valence-electron chi connectivity index (χ2n) is 6.26. The molecule has 11 heteroatoms. The summed E-state index contributed by atoms with van der Waals surface area (Å²) in [5.41, 5.74) is 5.47. The van der Waals surface area contributed by atoms with Gasteiger partial charge in [0.2, 0.25) is 0 Å². The molecule has 1 aliphatic rings. The average Bonchev–Trinajstić information content (AvgIpc) is 2.60. The molecule has 0 aliphatic carbocycles. The van der Waals surface area contributed by atoms with Crippen LogP contribution in [-0.2, 0) is 33.3 Å². The molecule has 5 unspecified atom stereocenters. The summed E-state index contributed by atoms with van der Waals surface area (Å²) in [4.78, 5) is 35.0. The zero-order valence-corrected chi connectivity index (χ0v) is 18.3. The van der Waals surface area contributed by atoms with Crippen molar-refractivity contribution >= 4 is 52.9 Å². The van der Waals surface area contributed by atoms with Gasteiger partial charge < -0.3 is 24.7 Å². The Morgan fingerprint density at radius 1 is 1.07 bits per heavy atom. The van der Waals surface area contributed by atoms with Crippen LogP contribution in [0.15, 0.2) is 23.1 Å². The predicted octanol–water partition coefficient (Wildman–Crippen LogP) is 2.56. The van der Waals surface area contributed by atoms with E-state index < -0.39 is 47.7 Å². The molecule has 0 radical (unpaired) electrons. The van der Waals surface area contributed by atoms with Crippen molar-refractivity contribution in [2.45, 2.75) is 55.5 Å². The Morgan fingerprint density at radius 3 is 2.24 bits per heavy atom. The maximum Gasteiger partial charge on any atom is 0.303 e. The van der Waals surface area contributed by atoms with Gasteiger partial charge in [-0.3, -0.25) is 14.4 Å². The molecule has 29 heavy (non-hydrogen) atoms. The van der Waals surface area contributed by atoms with Gasteiger partial charge in [0.15, 0.2) is 6.10 Å². The lowest BCUT2D eigenvalue weighted by atomic mass is 9.97. The molecule has 0 saturated carbocycles. The van der Waals surface area contributed by atoms with Crippen molar-refractivity contribution in [1.82, 2.24) is 0 Å². The summed E-state index contributed by atoms with van der Waals surface area (Å²) in [7, 11) is 0. The minimum absolute atomic E-state index is 0.195. The molecule has 1 aromatic rings. The van der Waals surface area contributed by atoms with Crippen molar-refractivity contribution in [3.8, 4) is 0 Å². The first kappa shape index (κ1) is 23.8. The molecule has 8 nitrogen and oxygen atoms in total. The molecular weight excluding hydrogens is 445 g/mol. The quantitative estimate of drug-likeness (QED) is 0.499. The van der Waals surface area contributed by atoms with Gasteiger partial charge in [-0.1, -0.05) is 35.0 Å². The molecule has 1 heterocycles. The Kier molecular flexibility index (Phi) is 8.59. The summed E-state index contributed by atoms with van der Waals surface area (Å²) in [6.45, 7) is 3.49. The normalized spacial score (nSPS) is 26.5. The smallest absolute Gasteiger partial charge is 0.303 e. The van der Waals surface area contributed by atoms with E-state index in [2.05, 4.69) is 0 Å². The van der Waals surface area contributed by atoms with Gasteiger partial charge in [-0.2, -0.15) is 0 Å². The number of carbonyl (C=O) groups is 3. The highest BCUT2D eigenvalue weighted by atomic mass is 35.5. The average molecular weight is 466 g/mol. The Bertz CT molecular complexity index is 777. The first-order chi connectivity index (χ1) is 13.6. The highest BCUT2D eigenvalue weighted by Gasteiger charge is 2.48. The number of hydrogen-bond acceptors (Lipinski definition) is 9. The van der Waals surface area contributed by atoms with E-state index >= 15 is 0 Å². The molecule has 2 N–H and O–H groups in total. The molecule has 0 bridgehead atoms. The van der Waals surface area contributed by atoms with E-state index in [1.807, 2.05) is 0 Å². The summed E-state index contributed by atoms with van der Waals surface area (Å²) in [5, 5.41) is 0.833. The highest BCUT2D eigenvalue weighted by Crippen LogP contribution is 2.39. The summed E-state index contributed by atoms with van der Waals surface area (Å²) in [6.07, 6.45) is -2.82. The molecule has 160 valence electrons. The van der Waals surface area contributed by atoms with Crippen LogP contribution in [0.4, 0.5) is 0 Å². The first-order valence-corrected chi connectivity index (χ1v) is 10.2. The van der Waals surface area contributed by atoms with E-state index in [4.69, 9.17) is 47.9 Å². The van der Waals surface area contributed by atoms with Crippen molar-refractivity contribution < 1.29 is 33.3 Å². The topological polar surface area (TPSA) is 114 Å². The number of halogens is 2. The van der Waals surface area contributed by atoms with Crippen molar-refractivity contribution in [3.05, 3.63) is 28.2 Å². The lowest BCUT2D eigenvalue weighted by Gasteiger charge is -2.43. The number of carbonyl (C=O) groups excluding carboxylic acids is 3. The summed E-state index contributed by atoms with van der Waals surface area (Å²) < 4.78 is 21.6. The van der Waals surface area contributed by atoms with Crippen LogP contribution >= 0.6 is 35.0 Å². The highest BCUT2D eigenvalue weighted by molar-refractivity contribution is 8.00. The second kappa shape index (κ2) is 10.5. The Labute approximate surface area is 182 Å². The number of benzene rings is 1. The lowest BCUT2D eigenvalue weighted by Crippen LogP contribution is -2.63. The van der Waals surface area contributed by atoms with Crippen LogP contribution in [0.5, 0.6) is 0 Å². The molecule has 1 aliphatic heterocycles. The number of thioether (sulfide) groups is 1. The van der Waals surface area contributed by atoms with E-state index in [1.165, 1.54) is 20.8 Å². The van der Waals surface area contributed by atoms with Gasteiger partial charge in [-0.25, -0.2) is 0 Å². The number of rotatable bonds is 6. The van der Waals surface area contributed by atoms with Gasteiger partial charge in [0.05, 0.1) is 11.1 Å². The third-order valence-corrected chi connectivity index (χ3v) is 5.78.